The van der Waals surface area contributed by atoms with E-state index in [0.29, 0.717) is 17.4 Å². The van der Waals surface area contributed by atoms with Crippen molar-refractivity contribution in [3.05, 3.63) is 60.9 Å². The molecule has 0 fully saturated rings. The van der Waals surface area contributed by atoms with E-state index in [9.17, 15) is 19.4 Å². The maximum Gasteiger partial charge on any atom is 0.472 e. The maximum atomic E-state index is 12.4. The van der Waals surface area contributed by atoms with Gasteiger partial charge in [-0.2, -0.15) is 0 Å². The quantitative estimate of drug-likeness (QED) is 0.0159. The second-order valence-corrected chi connectivity index (χ2v) is 16.8. The molecule has 0 spiro atoms. The third kappa shape index (κ3) is 41.2. The molecule has 0 aromatic rings. The first-order chi connectivity index (χ1) is 25.9. The molecule has 0 saturated carbocycles. The molecule has 0 bridgehead atoms. The molecule has 0 amide bonds. The fraction of sp³-hybridized carbons (Fsp3) is 0.750. The number of aliphatic hydroxyl groups excluding tert-OH is 1. The number of likely N-dealkylation sites (N-methyl/N-ethyl adjacent to an activating group) is 1. The van der Waals surface area contributed by atoms with Gasteiger partial charge in [-0.15, -0.1) is 0 Å². The minimum absolute atomic E-state index is 0.0740. The molecule has 3 atom stereocenters. The van der Waals surface area contributed by atoms with Crippen molar-refractivity contribution in [3.63, 3.8) is 0 Å². The summed E-state index contributed by atoms with van der Waals surface area (Å²) in [7, 11) is 1.62. The molecular weight excluding hydrogens is 701 g/mol. The molecule has 314 valence electrons. The maximum absolute atomic E-state index is 12.4. The number of quaternary nitrogens is 1. The van der Waals surface area contributed by atoms with Crippen molar-refractivity contribution >= 4 is 13.8 Å². The molecule has 0 saturated heterocycles. The molecule has 54 heavy (non-hydrogen) atoms. The van der Waals surface area contributed by atoms with E-state index in [1.807, 2.05) is 34.1 Å². The normalized spacial score (nSPS) is 14.9. The van der Waals surface area contributed by atoms with Crippen molar-refractivity contribution in [3.8, 4) is 0 Å². The second kappa shape index (κ2) is 36.6. The predicted molar refractivity (Wildman–Crippen MR) is 225 cm³/mol. The lowest BCUT2D eigenvalue weighted by Crippen LogP contribution is -2.37. The lowest BCUT2D eigenvalue weighted by atomic mass is 10.0. The van der Waals surface area contributed by atoms with Crippen LogP contribution >= 0.6 is 7.82 Å². The number of carbonyl (C=O) groups is 1. The SMILES string of the molecule is CCCCCCCCCCCCCC/C=C/O[C@H](COC(=O)CCC/C=C\C/C=C\C/C=C\C/C=C\CCC[C@@H](C)O)COP(=O)(O)OCC[N+](C)(C)C. The largest absolute Gasteiger partial charge is 0.492 e. The molecule has 0 aliphatic carbocycles. The van der Waals surface area contributed by atoms with Crippen LogP contribution in [-0.4, -0.2) is 80.2 Å². The first-order valence-electron chi connectivity index (χ1n) is 21.1. The van der Waals surface area contributed by atoms with Crippen LogP contribution in [0.5, 0.6) is 0 Å². The summed E-state index contributed by atoms with van der Waals surface area (Å²) in [5, 5.41) is 9.27. The van der Waals surface area contributed by atoms with Crippen molar-refractivity contribution in [2.45, 2.75) is 167 Å². The van der Waals surface area contributed by atoms with Crippen molar-refractivity contribution in [1.82, 2.24) is 0 Å². The molecule has 2 N–H and O–H groups in total. The van der Waals surface area contributed by atoms with Gasteiger partial charge in [-0.05, 0) is 77.2 Å². The Morgan fingerprint density at radius 3 is 1.70 bits per heavy atom. The van der Waals surface area contributed by atoms with Gasteiger partial charge in [0, 0.05) is 6.42 Å². The highest BCUT2D eigenvalue weighted by Gasteiger charge is 2.25. The van der Waals surface area contributed by atoms with E-state index in [0.717, 1.165) is 57.8 Å². The van der Waals surface area contributed by atoms with E-state index in [2.05, 4.69) is 55.5 Å². The zero-order chi connectivity index (χ0) is 40.0. The van der Waals surface area contributed by atoms with Gasteiger partial charge in [0.2, 0.25) is 0 Å². The number of carbonyl (C=O) groups excluding carboxylic acids is 1. The van der Waals surface area contributed by atoms with E-state index in [1.54, 1.807) is 6.26 Å². The van der Waals surface area contributed by atoms with Gasteiger partial charge in [0.25, 0.3) is 0 Å². The third-order valence-corrected chi connectivity index (χ3v) is 9.67. The van der Waals surface area contributed by atoms with Gasteiger partial charge in [-0.25, -0.2) is 4.57 Å². The average molecular weight is 783 g/mol. The summed E-state index contributed by atoms with van der Waals surface area (Å²) in [5.74, 6) is -0.342. The van der Waals surface area contributed by atoms with Crippen LogP contribution in [-0.2, 0) is 27.9 Å². The first-order valence-corrected chi connectivity index (χ1v) is 22.6. The topological polar surface area (TPSA) is 112 Å². The van der Waals surface area contributed by atoms with Crippen LogP contribution in [0.15, 0.2) is 60.9 Å². The van der Waals surface area contributed by atoms with Gasteiger partial charge in [-0.1, -0.05) is 126 Å². The zero-order valence-electron chi connectivity index (χ0n) is 35.1. The van der Waals surface area contributed by atoms with Crippen LogP contribution in [0.25, 0.3) is 0 Å². The molecule has 1 unspecified atom stereocenters. The van der Waals surface area contributed by atoms with Gasteiger partial charge in [0.1, 0.15) is 19.8 Å². The Morgan fingerprint density at radius 1 is 0.667 bits per heavy atom. The Balaban J connectivity index is 4.40. The Kier molecular flexibility index (Phi) is 35.3. The Morgan fingerprint density at radius 2 is 1.17 bits per heavy atom. The number of hydrogen-bond donors (Lipinski definition) is 2. The molecular formula is C44H81NO8P+. The molecule has 9 nitrogen and oxygen atoms in total. The lowest BCUT2D eigenvalue weighted by Gasteiger charge is -2.24. The van der Waals surface area contributed by atoms with Gasteiger partial charge >= 0.3 is 13.8 Å². The molecule has 0 radical (unpaired) electrons. The summed E-state index contributed by atoms with van der Waals surface area (Å²) in [4.78, 5) is 22.6. The monoisotopic (exact) mass is 783 g/mol. The number of hydrogen-bond acceptors (Lipinski definition) is 7. The number of nitrogens with zero attached hydrogens (tertiary/aromatic N) is 1. The first kappa shape index (κ1) is 52.0. The number of allylic oxidation sites excluding steroid dienone is 9. The summed E-state index contributed by atoms with van der Waals surface area (Å²) in [6.45, 7) is 4.37. The van der Waals surface area contributed by atoms with Gasteiger partial charge < -0.3 is 24.0 Å². The molecule has 0 rings (SSSR count). The molecule has 0 aliphatic heterocycles. The van der Waals surface area contributed by atoms with Gasteiger partial charge in [0.15, 0.2) is 6.10 Å². The summed E-state index contributed by atoms with van der Waals surface area (Å²) < 4.78 is 34.6. The summed E-state index contributed by atoms with van der Waals surface area (Å²) >= 11 is 0. The summed E-state index contributed by atoms with van der Waals surface area (Å²) in [6, 6.07) is 0. The second-order valence-electron chi connectivity index (χ2n) is 15.4. The van der Waals surface area contributed by atoms with Crippen molar-refractivity contribution < 1.29 is 42.4 Å². The molecule has 0 aliphatic rings. The Bertz CT molecular complexity index is 1060. The summed E-state index contributed by atoms with van der Waals surface area (Å²) in [6.07, 6.45) is 43.5. The van der Waals surface area contributed by atoms with Crippen molar-refractivity contribution in [2.24, 2.45) is 0 Å². The molecule has 0 heterocycles. The van der Waals surface area contributed by atoms with E-state index >= 15 is 0 Å². The van der Waals surface area contributed by atoms with Crippen LogP contribution in [0, 0.1) is 0 Å². The smallest absolute Gasteiger partial charge is 0.472 e. The number of ether oxygens (including phenoxy) is 2. The highest BCUT2D eigenvalue weighted by atomic mass is 31.2. The molecule has 0 aromatic heterocycles. The number of phosphoric acid groups is 1. The fourth-order valence-corrected chi connectivity index (χ4v) is 6.05. The average Bonchev–Trinajstić information content (AvgIpc) is 3.11. The standard InChI is InChI=1S/C44H80NO8P/c1-6-7-8-9-10-11-12-13-19-22-25-28-31-34-38-50-43(41-53-54(48,49)52-39-37-45(3,4)5)40-51-44(47)36-33-30-27-24-21-18-16-14-15-17-20-23-26-29-32-35-42(2)46/h15-18,23-24,26-27,34,38,42-43,46H,6-14,19-22,25,28-33,35-37,39-41H2,1-5H3/p+1/b17-15-,18-16-,26-23-,27-24-,38-34+/t42-,43-/m1/s1. The minimum atomic E-state index is -4.28. The van der Waals surface area contributed by atoms with Crippen molar-refractivity contribution in [1.29, 1.82) is 0 Å². The number of rotatable bonds is 38. The van der Waals surface area contributed by atoms with Crippen LogP contribution < -0.4 is 0 Å². The highest BCUT2D eigenvalue weighted by molar-refractivity contribution is 7.47. The minimum Gasteiger partial charge on any atom is -0.492 e. The van der Waals surface area contributed by atoms with Gasteiger partial charge in [-0.3, -0.25) is 13.8 Å². The van der Waals surface area contributed by atoms with E-state index in [1.165, 1.54) is 70.6 Å². The van der Waals surface area contributed by atoms with Crippen LogP contribution in [0.3, 0.4) is 0 Å². The van der Waals surface area contributed by atoms with Crippen LogP contribution in [0.2, 0.25) is 0 Å². The molecule has 0 aromatic carbocycles. The van der Waals surface area contributed by atoms with Crippen LogP contribution in [0.1, 0.15) is 155 Å². The Hall–Kier alpha value is -2.00. The lowest BCUT2D eigenvalue weighted by molar-refractivity contribution is -0.870. The van der Waals surface area contributed by atoms with Crippen LogP contribution in [0.4, 0.5) is 0 Å². The molecule has 10 heteroatoms. The number of esters is 1. The van der Waals surface area contributed by atoms with Crippen molar-refractivity contribution in [2.75, 3.05) is 47.5 Å². The highest BCUT2D eigenvalue weighted by Crippen LogP contribution is 2.43. The van der Waals surface area contributed by atoms with E-state index in [4.69, 9.17) is 18.5 Å². The zero-order valence-corrected chi connectivity index (χ0v) is 35.9. The van der Waals surface area contributed by atoms with E-state index in [-0.39, 0.29) is 38.3 Å². The number of aliphatic hydroxyl groups is 1. The number of phosphoric ester groups is 1. The third-order valence-electron chi connectivity index (χ3n) is 8.69. The predicted octanol–water partition coefficient (Wildman–Crippen LogP) is 11.5. The van der Waals surface area contributed by atoms with E-state index < -0.39 is 13.9 Å². The fourth-order valence-electron chi connectivity index (χ4n) is 5.31. The van der Waals surface area contributed by atoms with Gasteiger partial charge in [0.05, 0.1) is 40.1 Å². The number of unbranched alkanes of at least 4 members (excludes halogenated alkanes) is 14. The Labute approximate surface area is 331 Å². The summed E-state index contributed by atoms with van der Waals surface area (Å²) in [5.41, 5.74) is 0.